The zero-order valence-electron chi connectivity index (χ0n) is 12.3. The molecule has 0 saturated heterocycles. The van der Waals surface area contributed by atoms with E-state index in [-0.39, 0.29) is 19.2 Å². The van der Waals surface area contributed by atoms with E-state index in [2.05, 4.69) is 19.1 Å². The SMILES string of the molecule is CCC(=CC(C)=C(C)C(=O)OCCO)c1ccccc1. The van der Waals surface area contributed by atoms with Crippen molar-refractivity contribution in [2.24, 2.45) is 0 Å². The summed E-state index contributed by atoms with van der Waals surface area (Å²) in [6.07, 6.45) is 2.91. The van der Waals surface area contributed by atoms with E-state index >= 15 is 0 Å². The van der Waals surface area contributed by atoms with Crippen molar-refractivity contribution in [2.75, 3.05) is 13.2 Å². The van der Waals surface area contributed by atoms with Crippen LogP contribution in [-0.4, -0.2) is 24.3 Å². The molecule has 3 heteroatoms. The molecule has 0 heterocycles. The van der Waals surface area contributed by atoms with Gasteiger partial charge in [0.1, 0.15) is 6.61 Å². The Labute approximate surface area is 120 Å². The molecule has 0 saturated carbocycles. The minimum Gasteiger partial charge on any atom is -0.460 e. The van der Waals surface area contributed by atoms with Crippen LogP contribution in [0.5, 0.6) is 0 Å². The Morgan fingerprint density at radius 1 is 1.25 bits per heavy atom. The summed E-state index contributed by atoms with van der Waals surface area (Å²) in [6, 6.07) is 10.1. The summed E-state index contributed by atoms with van der Waals surface area (Å²) in [6.45, 7) is 5.61. The van der Waals surface area contributed by atoms with Crippen molar-refractivity contribution in [3.8, 4) is 0 Å². The summed E-state index contributed by atoms with van der Waals surface area (Å²) in [5.41, 5.74) is 3.79. The lowest BCUT2D eigenvalue weighted by Gasteiger charge is -2.08. The molecule has 1 aromatic rings. The van der Waals surface area contributed by atoms with Crippen molar-refractivity contribution in [2.45, 2.75) is 27.2 Å². The molecule has 0 spiro atoms. The molecule has 0 radical (unpaired) electrons. The van der Waals surface area contributed by atoms with Gasteiger partial charge in [-0.2, -0.15) is 0 Å². The third kappa shape index (κ3) is 4.67. The quantitative estimate of drug-likeness (QED) is 0.491. The van der Waals surface area contributed by atoms with Gasteiger partial charge in [-0.05, 0) is 37.0 Å². The lowest BCUT2D eigenvalue weighted by molar-refractivity contribution is -0.139. The molecular weight excluding hydrogens is 252 g/mol. The molecule has 0 atom stereocenters. The van der Waals surface area contributed by atoms with Gasteiger partial charge in [-0.25, -0.2) is 4.79 Å². The molecule has 3 nitrogen and oxygen atoms in total. The van der Waals surface area contributed by atoms with Crippen molar-refractivity contribution >= 4 is 11.5 Å². The van der Waals surface area contributed by atoms with Gasteiger partial charge in [0, 0.05) is 5.57 Å². The van der Waals surface area contributed by atoms with Crippen molar-refractivity contribution in [3.63, 3.8) is 0 Å². The molecule has 1 aromatic carbocycles. The second-order valence-electron chi connectivity index (χ2n) is 4.56. The number of aliphatic hydroxyl groups excluding tert-OH is 1. The molecule has 0 aliphatic carbocycles. The van der Waals surface area contributed by atoms with Crippen molar-refractivity contribution in [1.82, 2.24) is 0 Å². The largest absolute Gasteiger partial charge is 0.460 e. The van der Waals surface area contributed by atoms with E-state index in [1.54, 1.807) is 6.92 Å². The van der Waals surface area contributed by atoms with Crippen molar-refractivity contribution < 1.29 is 14.6 Å². The van der Waals surface area contributed by atoms with Crippen LogP contribution in [0.15, 0.2) is 47.6 Å². The lowest BCUT2D eigenvalue weighted by Crippen LogP contribution is -2.10. The van der Waals surface area contributed by atoms with E-state index < -0.39 is 0 Å². The molecule has 0 bridgehead atoms. The van der Waals surface area contributed by atoms with Gasteiger partial charge in [-0.1, -0.05) is 43.3 Å². The Hall–Kier alpha value is -1.87. The Bertz CT molecular complexity index is 498. The highest BCUT2D eigenvalue weighted by Crippen LogP contribution is 2.21. The number of benzene rings is 1. The third-order valence-corrected chi connectivity index (χ3v) is 3.14. The standard InChI is InChI=1S/C17H22O3/c1-4-15(16-8-6-5-7-9-16)12-13(2)14(3)17(19)20-11-10-18/h5-9,12,18H,4,10-11H2,1-3H3. The maximum atomic E-state index is 11.7. The molecule has 0 fully saturated rings. The van der Waals surface area contributed by atoms with Crippen LogP contribution in [0.4, 0.5) is 0 Å². The predicted octanol–water partition coefficient (Wildman–Crippen LogP) is 3.35. The molecule has 1 N–H and O–H groups in total. The van der Waals surface area contributed by atoms with Gasteiger partial charge in [-0.3, -0.25) is 0 Å². The number of esters is 1. The number of rotatable bonds is 6. The summed E-state index contributed by atoms with van der Waals surface area (Å²) >= 11 is 0. The van der Waals surface area contributed by atoms with Gasteiger partial charge in [0.15, 0.2) is 0 Å². The normalized spacial score (nSPS) is 12.9. The van der Waals surface area contributed by atoms with Crippen LogP contribution < -0.4 is 0 Å². The van der Waals surface area contributed by atoms with Gasteiger partial charge in [0.05, 0.1) is 6.61 Å². The van der Waals surface area contributed by atoms with Crippen LogP contribution >= 0.6 is 0 Å². The van der Waals surface area contributed by atoms with E-state index in [1.807, 2.05) is 31.2 Å². The first-order valence-electron chi connectivity index (χ1n) is 6.81. The molecule has 0 aromatic heterocycles. The first-order chi connectivity index (χ1) is 9.60. The first kappa shape index (κ1) is 16.2. The molecule has 0 amide bonds. The number of hydrogen-bond donors (Lipinski definition) is 1. The highest BCUT2D eigenvalue weighted by Gasteiger charge is 2.08. The van der Waals surface area contributed by atoms with Gasteiger partial charge in [0.2, 0.25) is 0 Å². The maximum Gasteiger partial charge on any atom is 0.334 e. The van der Waals surface area contributed by atoms with Crippen LogP contribution in [0.3, 0.4) is 0 Å². The van der Waals surface area contributed by atoms with Gasteiger partial charge in [0.25, 0.3) is 0 Å². The average molecular weight is 274 g/mol. The summed E-state index contributed by atoms with van der Waals surface area (Å²) in [5, 5.41) is 8.66. The fourth-order valence-electron chi connectivity index (χ4n) is 1.82. The van der Waals surface area contributed by atoms with Crippen LogP contribution in [0.1, 0.15) is 32.8 Å². The second-order valence-corrected chi connectivity index (χ2v) is 4.56. The Morgan fingerprint density at radius 3 is 2.45 bits per heavy atom. The van der Waals surface area contributed by atoms with Crippen LogP contribution in [0, 0.1) is 0 Å². The molecule has 0 unspecified atom stereocenters. The van der Waals surface area contributed by atoms with E-state index in [0.717, 1.165) is 17.6 Å². The van der Waals surface area contributed by atoms with Crippen LogP contribution in [0.25, 0.3) is 5.57 Å². The fraction of sp³-hybridized carbons (Fsp3) is 0.353. The highest BCUT2D eigenvalue weighted by molar-refractivity contribution is 5.89. The number of carbonyl (C=O) groups is 1. The maximum absolute atomic E-state index is 11.7. The topological polar surface area (TPSA) is 46.5 Å². The van der Waals surface area contributed by atoms with Crippen molar-refractivity contribution in [1.29, 1.82) is 0 Å². The van der Waals surface area contributed by atoms with Gasteiger partial charge < -0.3 is 9.84 Å². The molecule has 20 heavy (non-hydrogen) atoms. The van der Waals surface area contributed by atoms with Crippen molar-refractivity contribution in [3.05, 3.63) is 53.1 Å². The number of carbonyl (C=O) groups excluding carboxylic acids is 1. The molecule has 0 aliphatic heterocycles. The summed E-state index contributed by atoms with van der Waals surface area (Å²) in [7, 11) is 0. The number of ether oxygens (including phenoxy) is 1. The highest BCUT2D eigenvalue weighted by atomic mass is 16.5. The zero-order chi connectivity index (χ0) is 15.0. The van der Waals surface area contributed by atoms with Gasteiger partial charge >= 0.3 is 5.97 Å². The number of aliphatic hydroxyl groups is 1. The number of hydrogen-bond acceptors (Lipinski definition) is 3. The average Bonchev–Trinajstić information content (AvgIpc) is 2.49. The monoisotopic (exact) mass is 274 g/mol. The fourth-order valence-corrected chi connectivity index (χ4v) is 1.82. The van der Waals surface area contributed by atoms with Gasteiger partial charge in [-0.15, -0.1) is 0 Å². The summed E-state index contributed by atoms with van der Waals surface area (Å²) in [4.78, 5) is 11.7. The van der Waals surface area contributed by atoms with Crippen LogP contribution in [-0.2, 0) is 9.53 Å². The lowest BCUT2D eigenvalue weighted by atomic mass is 9.99. The Kier molecular flexibility index (Phi) is 6.74. The summed E-state index contributed by atoms with van der Waals surface area (Å²) in [5.74, 6) is -0.378. The third-order valence-electron chi connectivity index (χ3n) is 3.14. The second kappa shape index (κ2) is 8.33. The van der Waals surface area contributed by atoms with E-state index in [4.69, 9.17) is 9.84 Å². The summed E-state index contributed by atoms with van der Waals surface area (Å²) < 4.78 is 4.92. The first-order valence-corrected chi connectivity index (χ1v) is 6.81. The minimum absolute atomic E-state index is 0.0342. The molecule has 0 aliphatic rings. The van der Waals surface area contributed by atoms with E-state index in [1.165, 1.54) is 5.57 Å². The zero-order valence-corrected chi connectivity index (χ0v) is 12.3. The number of allylic oxidation sites excluding steroid dienone is 3. The van der Waals surface area contributed by atoms with Crippen LogP contribution in [0.2, 0.25) is 0 Å². The Balaban J connectivity index is 2.97. The molecular formula is C17H22O3. The minimum atomic E-state index is -0.378. The van der Waals surface area contributed by atoms with E-state index in [0.29, 0.717) is 5.57 Å². The molecule has 108 valence electrons. The smallest absolute Gasteiger partial charge is 0.334 e. The molecule has 1 rings (SSSR count). The predicted molar refractivity (Wildman–Crippen MR) is 81.1 cm³/mol. The van der Waals surface area contributed by atoms with E-state index in [9.17, 15) is 4.79 Å². The Morgan fingerprint density at radius 2 is 1.90 bits per heavy atom.